The second-order valence-corrected chi connectivity index (χ2v) is 5.83. The zero-order valence-electron chi connectivity index (χ0n) is 11.3. The predicted molar refractivity (Wildman–Crippen MR) is 90.9 cm³/mol. The molecule has 21 heavy (non-hydrogen) atoms. The molecule has 2 aromatic rings. The largest absolute Gasteiger partial charge is 0.402 e. The molecular weight excluding hydrogens is 377 g/mol. The van der Waals surface area contributed by atoms with Crippen molar-refractivity contribution >= 4 is 40.5 Å². The first-order valence-corrected chi connectivity index (χ1v) is 7.56. The highest BCUT2D eigenvalue weighted by Crippen LogP contribution is 2.22. The maximum atomic E-state index is 12.0. The summed E-state index contributed by atoms with van der Waals surface area (Å²) in [5.41, 5.74) is 3.16. The number of hydrogen-bond acceptors (Lipinski definition) is 3. The van der Waals surface area contributed by atoms with Crippen LogP contribution in [0.5, 0.6) is 0 Å². The van der Waals surface area contributed by atoms with Gasteiger partial charge in [0, 0.05) is 9.13 Å². The third kappa shape index (κ3) is 2.90. The lowest BCUT2D eigenvalue weighted by Gasteiger charge is -2.02. The fraction of sp³-hybridized carbons (Fsp3) is 0.0588. The molecule has 0 aliphatic carbocycles. The molecule has 0 saturated carbocycles. The Morgan fingerprint density at radius 2 is 1.81 bits per heavy atom. The van der Waals surface area contributed by atoms with Gasteiger partial charge < -0.3 is 4.74 Å². The molecule has 0 unspecified atom stereocenters. The van der Waals surface area contributed by atoms with E-state index < -0.39 is 5.97 Å². The lowest BCUT2D eigenvalue weighted by atomic mass is 10.1. The highest BCUT2D eigenvalue weighted by molar-refractivity contribution is 14.1. The van der Waals surface area contributed by atoms with Gasteiger partial charge in [0.1, 0.15) is 0 Å². The Labute approximate surface area is 136 Å². The van der Waals surface area contributed by atoms with E-state index in [9.17, 15) is 4.79 Å². The smallest absolute Gasteiger partial charge is 0.363 e. The zero-order valence-corrected chi connectivity index (χ0v) is 13.5. The summed E-state index contributed by atoms with van der Waals surface area (Å²) in [5.74, 6) is -0.0387. The van der Waals surface area contributed by atoms with Gasteiger partial charge in [-0.25, -0.2) is 9.79 Å². The number of cyclic esters (lactones) is 1. The van der Waals surface area contributed by atoms with Crippen molar-refractivity contribution in [2.45, 2.75) is 6.92 Å². The predicted octanol–water partition coefficient (Wildman–Crippen LogP) is 3.94. The fourth-order valence-corrected chi connectivity index (χ4v) is 2.62. The Morgan fingerprint density at radius 1 is 1.10 bits per heavy atom. The van der Waals surface area contributed by atoms with Crippen molar-refractivity contribution in [2.24, 2.45) is 4.99 Å². The van der Waals surface area contributed by atoms with Crippen molar-refractivity contribution < 1.29 is 9.53 Å². The Bertz CT molecular complexity index is 778. The molecule has 4 heteroatoms. The Hall–Kier alpha value is -1.95. The van der Waals surface area contributed by atoms with Gasteiger partial charge in [-0.15, -0.1) is 0 Å². The highest BCUT2D eigenvalue weighted by Gasteiger charge is 2.25. The molecule has 2 aromatic carbocycles. The SMILES string of the molecule is Cc1ccccc1C1=N/C(=C\c2ccccc2I)C(=O)O1. The van der Waals surface area contributed by atoms with E-state index >= 15 is 0 Å². The van der Waals surface area contributed by atoms with Crippen molar-refractivity contribution in [1.82, 2.24) is 0 Å². The summed E-state index contributed by atoms with van der Waals surface area (Å²) in [6.45, 7) is 1.97. The molecule has 0 aromatic heterocycles. The van der Waals surface area contributed by atoms with E-state index in [2.05, 4.69) is 27.6 Å². The molecule has 1 aliphatic rings. The number of benzene rings is 2. The topological polar surface area (TPSA) is 38.7 Å². The number of ether oxygens (including phenoxy) is 1. The van der Waals surface area contributed by atoms with Crippen molar-refractivity contribution in [1.29, 1.82) is 0 Å². The first-order chi connectivity index (χ1) is 10.1. The summed E-state index contributed by atoms with van der Waals surface area (Å²) in [6.07, 6.45) is 1.76. The Morgan fingerprint density at radius 3 is 2.57 bits per heavy atom. The number of rotatable bonds is 2. The minimum absolute atomic E-state index is 0.331. The number of carbonyl (C=O) groups excluding carboxylic acids is 1. The van der Waals surface area contributed by atoms with Gasteiger partial charge in [0.15, 0.2) is 5.70 Å². The van der Waals surface area contributed by atoms with E-state index in [1.54, 1.807) is 6.08 Å². The third-order valence-electron chi connectivity index (χ3n) is 3.19. The minimum Gasteiger partial charge on any atom is -0.402 e. The molecule has 1 aliphatic heterocycles. The van der Waals surface area contributed by atoms with E-state index in [1.165, 1.54) is 0 Å². The van der Waals surface area contributed by atoms with Crippen LogP contribution in [-0.4, -0.2) is 11.9 Å². The molecule has 0 saturated heterocycles. The average molecular weight is 389 g/mol. The van der Waals surface area contributed by atoms with Crippen LogP contribution in [0.25, 0.3) is 6.08 Å². The number of carbonyl (C=O) groups is 1. The van der Waals surface area contributed by atoms with Crippen LogP contribution in [0.1, 0.15) is 16.7 Å². The Kier molecular flexibility index (Phi) is 3.88. The van der Waals surface area contributed by atoms with E-state index in [0.717, 1.165) is 20.3 Å². The van der Waals surface area contributed by atoms with Crippen LogP contribution in [0, 0.1) is 10.5 Å². The fourth-order valence-electron chi connectivity index (χ4n) is 2.08. The van der Waals surface area contributed by atoms with Gasteiger partial charge in [0.2, 0.25) is 5.90 Å². The molecular formula is C17H12INO2. The monoisotopic (exact) mass is 389 g/mol. The number of hydrogen-bond donors (Lipinski definition) is 0. The van der Waals surface area contributed by atoms with Gasteiger partial charge in [-0.2, -0.15) is 0 Å². The molecule has 0 N–H and O–H groups in total. The van der Waals surface area contributed by atoms with E-state index in [-0.39, 0.29) is 0 Å². The third-order valence-corrected chi connectivity index (χ3v) is 4.18. The quantitative estimate of drug-likeness (QED) is 0.443. The second kappa shape index (κ2) is 5.81. The Balaban J connectivity index is 2.00. The van der Waals surface area contributed by atoms with Gasteiger partial charge in [-0.3, -0.25) is 0 Å². The highest BCUT2D eigenvalue weighted by atomic mass is 127. The summed E-state index contributed by atoms with van der Waals surface area (Å²) in [4.78, 5) is 16.3. The first kappa shape index (κ1) is 14.0. The molecule has 3 rings (SSSR count). The van der Waals surface area contributed by atoms with Crippen LogP contribution in [0.2, 0.25) is 0 Å². The van der Waals surface area contributed by atoms with Crippen LogP contribution < -0.4 is 0 Å². The van der Waals surface area contributed by atoms with Crippen LogP contribution >= 0.6 is 22.6 Å². The van der Waals surface area contributed by atoms with Crippen LogP contribution in [-0.2, 0) is 9.53 Å². The molecule has 0 fully saturated rings. The minimum atomic E-state index is -0.409. The van der Waals surface area contributed by atoms with Gasteiger partial charge >= 0.3 is 5.97 Å². The van der Waals surface area contributed by atoms with Crippen molar-refractivity contribution in [2.75, 3.05) is 0 Å². The first-order valence-electron chi connectivity index (χ1n) is 6.48. The summed E-state index contributed by atoms with van der Waals surface area (Å²) in [6, 6.07) is 15.5. The summed E-state index contributed by atoms with van der Waals surface area (Å²) < 4.78 is 6.36. The van der Waals surface area contributed by atoms with Gasteiger partial charge in [0.05, 0.1) is 0 Å². The molecule has 0 atom stereocenters. The number of halogens is 1. The van der Waals surface area contributed by atoms with Crippen LogP contribution in [0.3, 0.4) is 0 Å². The van der Waals surface area contributed by atoms with Gasteiger partial charge in [-0.1, -0.05) is 36.4 Å². The molecule has 0 radical (unpaired) electrons. The lowest BCUT2D eigenvalue weighted by molar-refractivity contribution is -0.129. The maximum Gasteiger partial charge on any atom is 0.363 e. The number of esters is 1. The second-order valence-electron chi connectivity index (χ2n) is 4.67. The van der Waals surface area contributed by atoms with Gasteiger partial charge in [0.25, 0.3) is 0 Å². The van der Waals surface area contributed by atoms with Crippen molar-refractivity contribution in [3.8, 4) is 0 Å². The van der Waals surface area contributed by atoms with E-state index in [1.807, 2.05) is 55.5 Å². The number of aryl methyl sites for hydroxylation is 1. The lowest BCUT2D eigenvalue weighted by Crippen LogP contribution is -2.06. The standard InChI is InChI=1S/C17H12INO2/c1-11-6-2-4-8-13(11)16-19-15(17(20)21-16)10-12-7-3-5-9-14(12)18/h2-10H,1H3/b15-10-. The molecule has 104 valence electrons. The zero-order chi connectivity index (χ0) is 14.8. The van der Waals surface area contributed by atoms with Crippen LogP contribution in [0.15, 0.2) is 59.2 Å². The molecule has 3 nitrogen and oxygen atoms in total. The molecule has 0 bridgehead atoms. The van der Waals surface area contributed by atoms with Crippen LogP contribution in [0.4, 0.5) is 0 Å². The summed E-state index contributed by atoms with van der Waals surface area (Å²) in [5, 5.41) is 0. The van der Waals surface area contributed by atoms with Crippen molar-refractivity contribution in [3.05, 3.63) is 74.5 Å². The van der Waals surface area contributed by atoms with Crippen molar-refractivity contribution in [3.63, 3.8) is 0 Å². The maximum absolute atomic E-state index is 12.0. The summed E-state index contributed by atoms with van der Waals surface area (Å²) >= 11 is 2.23. The molecule has 0 amide bonds. The molecule has 0 spiro atoms. The summed E-state index contributed by atoms with van der Waals surface area (Å²) in [7, 11) is 0. The van der Waals surface area contributed by atoms with E-state index in [4.69, 9.17) is 4.74 Å². The number of nitrogens with zero attached hydrogens (tertiary/aromatic N) is 1. The van der Waals surface area contributed by atoms with E-state index in [0.29, 0.717) is 11.6 Å². The molecule has 1 heterocycles. The average Bonchev–Trinajstić information content (AvgIpc) is 2.83. The normalized spacial score (nSPS) is 16.0. The van der Waals surface area contributed by atoms with Gasteiger partial charge in [-0.05, 0) is 58.9 Å². The number of aliphatic imine (C=N–C) groups is 1.